The van der Waals surface area contributed by atoms with E-state index in [4.69, 9.17) is 4.74 Å². The number of aromatic nitrogens is 1. The predicted molar refractivity (Wildman–Crippen MR) is 58.2 cm³/mol. The average molecular weight is 201 g/mol. The minimum atomic E-state index is 0.504. The van der Waals surface area contributed by atoms with Gasteiger partial charge in [0, 0.05) is 5.69 Å². The monoisotopic (exact) mass is 201 g/mol. The summed E-state index contributed by atoms with van der Waals surface area (Å²) in [5, 5.41) is 0. The minimum Gasteiger partial charge on any atom is -0.482 e. The maximum absolute atomic E-state index is 10.7. The molecule has 2 aromatic rings. The number of hydrogen-bond donors (Lipinski definition) is 1. The summed E-state index contributed by atoms with van der Waals surface area (Å²) in [5.41, 5.74) is 2.45. The van der Waals surface area contributed by atoms with E-state index in [2.05, 4.69) is 4.98 Å². The maximum Gasteiger partial charge on any atom is 0.201 e. The molecular weight excluding hydrogens is 190 g/mol. The zero-order valence-electron chi connectivity index (χ0n) is 8.36. The molecule has 0 aliphatic rings. The molecule has 1 aromatic carbocycles. The van der Waals surface area contributed by atoms with Gasteiger partial charge in [0.15, 0.2) is 6.29 Å². The summed E-state index contributed by atoms with van der Waals surface area (Å²) in [4.78, 5) is 13.8. The van der Waals surface area contributed by atoms with Crippen molar-refractivity contribution >= 4 is 6.29 Å². The Balaban J connectivity index is 2.46. The van der Waals surface area contributed by atoms with Gasteiger partial charge in [0.05, 0.1) is 12.7 Å². The molecule has 3 nitrogen and oxygen atoms in total. The number of ether oxygens (including phenoxy) is 1. The second-order valence-electron chi connectivity index (χ2n) is 3.16. The fourth-order valence-corrected chi connectivity index (χ4v) is 1.48. The normalized spacial score (nSPS) is 9.93. The van der Waals surface area contributed by atoms with Gasteiger partial charge in [-0.2, -0.15) is 0 Å². The number of carbonyl (C=O) groups is 1. The van der Waals surface area contributed by atoms with Crippen LogP contribution in [0.5, 0.6) is 5.88 Å². The van der Waals surface area contributed by atoms with Crippen molar-refractivity contribution in [1.29, 1.82) is 0 Å². The number of aromatic amines is 1. The van der Waals surface area contributed by atoms with E-state index in [0.717, 1.165) is 17.5 Å². The van der Waals surface area contributed by atoms with Gasteiger partial charge in [0.1, 0.15) is 0 Å². The Bertz CT molecular complexity index is 460. The van der Waals surface area contributed by atoms with Crippen LogP contribution in [0.25, 0.3) is 11.3 Å². The third-order valence-corrected chi connectivity index (χ3v) is 2.23. The van der Waals surface area contributed by atoms with Gasteiger partial charge in [-0.25, -0.2) is 0 Å². The van der Waals surface area contributed by atoms with Crippen LogP contribution in [-0.2, 0) is 0 Å². The van der Waals surface area contributed by atoms with E-state index in [1.165, 1.54) is 7.11 Å². The number of methoxy groups -OCH3 is 1. The van der Waals surface area contributed by atoms with Gasteiger partial charge in [-0.15, -0.1) is 0 Å². The maximum atomic E-state index is 10.7. The molecule has 2 rings (SSSR count). The lowest BCUT2D eigenvalue weighted by atomic mass is 10.1. The summed E-state index contributed by atoms with van der Waals surface area (Å²) < 4.78 is 5.05. The number of H-pyrrole nitrogens is 1. The molecule has 0 unspecified atom stereocenters. The lowest BCUT2D eigenvalue weighted by Crippen LogP contribution is -1.86. The molecule has 0 radical (unpaired) electrons. The van der Waals surface area contributed by atoms with E-state index in [1.54, 1.807) is 6.07 Å². The Labute approximate surface area is 87.7 Å². The number of hydrogen-bond acceptors (Lipinski definition) is 2. The van der Waals surface area contributed by atoms with Crippen LogP contribution in [-0.4, -0.2) is 18.4 Å². The first-order valence-electron chi connectivity index (χ1n) is 4.62. The quantitative estimate of drug-likeness (QED) is 0.775. The van der Waals surface area contributed by atoms with Crippen molar-refractivity contribution in [1.82, 2.24) is 4.98 Å². The van der Waals surface area contributed by atoms with Crippen LogP contribution in [0.15, 0.2) is 36.4 Å². The molecule has 0 spiro atoms. The third-order valence-electron chi connectivity index (χ3n) is 2.23. The first-order valence-corrected chi connectivity index (χ1v) is 4.62. The van der Waals surface area contributed by atoms with E-state index in [9.17, 15) is 4.79 Å². The number of nitrogens with one attached hydrogen (secondary N) is 1. The van der Waals surface area contributed by atoms with Crippen molar-refractivity contribution in [2.45, 2.75) is 0 Å². The van der Waals surface area contributed by atoms with Gasteiger partial charge in [-0.05, 0) is 11.6 Å². The highest BCUT2D eigenvalue weighted by molar-refractivity contribution is 5.82. The van der Waals surface area contributed by atoms with Crippen molar-refractivity contribution in [3.63, 3.8) is 0 Å². The van der Waals surface area contributed by atoms with E-state index in [0.29, 0.717) is 11.4 Å². The van der Waals surface area contributed by atoms with Crippen LogP contribution in [0.1, 0.15) is 10.4 Å². The highest BCUT2D eigenvalue weighted by Gasteiger charge is 2.08. The van der Waals surface area contributed by atoms with Crippen LogP contribution in [0.2, 0.25) is 0 Å². The Morgan fingerprint density at radius 2 is 2.00 bits per heavy atom. The van der Waals surface area contributed by atoms with Gasteiger partial charge in [-0.1, -0.05) is 30.3 Å². The molecule has 0 fully saturated rings. The van der Waals surface area contributed by atoms with Crippen LogP contribution < -0.4 is 4.74 Å². The molecule has 0 aliphatic carbocycles. The predicted octanol–water partition coefficient (Wildman–Crippen LogP) is 2.50. The zero-order chi connectivity index (χ0) is 10.7. The number of aldehydes is 1. The molecule has 0 atom stereocenters. The molecule has 0 amide bonds. The molecule has 76 valence electrons. The highest BCUT2D eigenvalue weighted by atomic mass is 16.5. The summed E-state index contributed by atoms with van der Waals surface area (Å²) in [7, 11) is 1.54. The van der Waals surface area contributed by atoms with E-state index < -0.39 is 0 Å². The topological polar surface area (TPSA) is 42.1 Å². The molecular formula is C12H11NO2. The van der Waals surface area contributed by atoms with Crippen LogP contribution in [0, 0.1) is 0 Å². The van der Waals surface area contributed by atoms with Crippen LogP contribution in [0.3, 0.4) is 0 Å². The number of rotatable bonds is 3. The zero-order valence-corrected chi connectivity index (χ0v) is 8.36. The summed E-state index contributed by atoms with van der Waals surface area (Å²) >= 11 is 0. The highest BCUT2D eigenvalue weighted by Crippen LogP contribution is 2.24. The summed E-state index contributed by atoms with van der Waals surface area (Å²) in [6, 6.07) is 11.6. The molecule has 0 bridgehead atoms. The lowest BCUT2D eigenvalue weighted by Gasteiger charge is -1.97. The Hall–Kier alpha value is -2.03. The number of benzene rings is 1. The minimum absolute atomic E-state index is 0.504. The Kier molecular flexibility index (Phi) is 2.54. The van der Waals surface area contributed by atoms with Crippen molar-refractivity contribution in [2.75, 3.05) is 7.11 Å². The van der Waals surface area contributed by atoms with E-state index >= 15 is 0 Å². The second kappa shape index (κ2) is 4.00. The summed E-state index contributed by atoms with van der Waals surface area (Å²) in [6.07, 6.45) is 0.780. The fourth-order valence-electron chi connectivity index (χ4n) is 1.48. The van der Waals surface area contributed by atoms with Crippen LogP contribution >= 0.6 is 0 Å². The molecule has 15 heavy (non-hydrogen) atoms. The molecule has 0 saturated heterocycles. The molecule has 1 heterocycles. The Morgan fingerprint density at radius 1 is 1.27 bits per heavy atom. The van der Waals surface area contributed by atoms with Crippen molar-refractivity contribution in [3.05, 3.63) is 42.0 Å². The molecule has 0 saturated carbocycles. The van der Waals surface area contributed by atoms with Gasteiger partial charge in [-0.3, -0.25) is 4.79 Å². The van der Waals surface area contributed by atoms with E-state index in [-0.39, 0.29) is 0 Å². The largest absolute Gasteiger partial charge is 0.482 e. The summed E-state index contributed by atoms with van der Waals surface area (Å²) in [5.74, 6) is 0.504. The molecule has 1 aromatic heterocycles. The lowest BCUT2D eigenvalue weighted by molar-refractivity contribution is 0.112. The third kappa shape index (κ3) is 1.76. The van der Waals surface area contributed by atoms with Gasteiger partial charge >= 0.3 is 0 Å². The molecule has 1 N–H and O–H groups in total. The van der Waals surface area contributed by atoms with Gasteiger partial charge in [0.2, 0.25) is 5.88 Å². The van der Waals surface area contributed by atoms with Crippen molar-refractivity contribution < 1.29 is 9.53 Å². The summed E-state index contributed by atoms with van der Waals surface area (Å²) in [6.45, 7) is 0. The smallest absolute Gasteiger partial charge is 0.201 e. The Morgan fingerprint density at radius 3 is 2.53 bits per heavy atom. The number of carbonyl (C=O) groups excluding carboxylic acids is 1. The molecule has 3 heteroatoms. The first-order chi connectivity index (χ1) is 7.35. The van der Waals surface area contributed by atoms with Gasteiger partial charge < -0.3 is 9.72 Å². The van der Waals surface area contributed by atoms with Crippen molar-refractivity contribution in [2.24, 2.45) is 0 Å². The fraction of sp³-hybridized carbons (Fsp3) is 0.0833. The standard InChI is InChI=1S/C12H11NO2/c1-15-12-10(8-14)7-11(13-12)9-5-3-2-4-6-9/h2-8,13H,1H3. The SMILES string of the molecule is COc1[nH]c(-c2ccccc2)cc1C=O. The molecule has 0 aliphatic heterocycles. The van der Waals surface area contributed by atoms with Crippen molar-refractivity contribution in [3.8, 4) is 17.1 Å². The van der Waals surface area contributed by atoms with Gasteiger partial charge in [0.25, 0.3) is 0 Å². The average Bonchev–Trinajstić information content (AvgIpc) is 2.73. The first kappa shape index (κ1) is 9.52. The van der Waals surface area contributed by atoms with Crippen LogP contribution in [0.4, 0.5) is 0 Å². The van der Waals surface area contributed by atoms with E-state index in [1.807, 2.05) is 30.3 Å². The second-order valence-corrected chi connectivity index (χ2v) is 3.16.